The smallest absolute Gasteiger partial charge is 0.253 e. The average molecular weight is 274 g/mol. The molecule has 0 bridgehead atoms. The fourth-order valence-corrected chi connectivity index (χ4v) is 2.05. The molecule has 2 heterocycles. The van der Waals surface area contributed by atoms with Crippen molar-refractivity contribution in [2.24, 2.45) is 7.05 Å². The number of fused-ring (bicyclic) bond motifs is 1. The number of anilines is 1. The molecular formula is C14H18N4O2. The molecule has 0 unspecified atom stereocenters. The first-order chi connectivity index (χ1) is 9.38. The number of aromatic nitrogens is 2. The number of nitrogens with zero attached hydrogens (tertiary/aromatic N) is 2. The quantitative estimate of drug-likeness (QED) is 0.894. The first-order valence-corrected chi connectivity index (χ1v) is 6.42. The minimum atomic E-state index is -0.171. The van der Waals surface area contributed by atoms with Crippen LogP contribution in [0.25, 0.3) is 11.0 Å². The summed E-state index contributed by atoms with van der Waals surface area (Å²) in [4.78, 5) is 27.6. The highest BCUT2D eigenvalue weighted by atomic mass is 16.2. The van der Waals surface area contributed by atoms with Gasteiger partial charge in [0.05, 0.1) is 17.4 Å². The maximum Gasteiger partial charge on any atom is 0.253 e. The molecule has 6 heteroatoms. The van der Waals surface area contributed by atoms with Gasteiger partial charge >= 0.3 is 0 Å². The zero-order valence-corrected chi connectivity index (χ0v) is 12.0. The first kappa shape index (κ1) is 14.0. The summed E-state index contributed by atoms with van der Waals surface area (Å²) in [5.41, 5.74) is 1.83. The van der Waals surface area contributed by atoms with Crippen LogP contribution in [0, 0.1) is 0 Å². The van der Waals surface area contributed by atoms with Crippen molar-refractivity contribution in [3.05, 3.63) is 24.0 Å². The number of rotatable bonds is 3. The van der Waals surface area contributed by atoms with Gasteiger partial charge in [0.2, 0.25) is 5.91 Å². The van der Waals surface area contributed by atoms with E-state index in [9.17, 15) is 9.59 Å². The molecule has 2 rings (SSSR count). The molecule has 0 fully saturated rings. The van der Waals surface area contributed by atoms with E-state index >= 15 is 0 Å². The van der Waals surface area contributed by atoms with E-state index in [0.717, 1.165) is 5.39 Å². The van der Waals surface area contributed by atoms with Gasteiger partial charge in [0.15, 0.2) is 0 Å². The van der Waals surface area contributed by atoms with Crippen molar-refractivity contribution in [1.29, 1.82) is 0 Å². The van der Waals surface area contributed by atoms with Crippen LogP contribution in [0.15, 0.2) is 18.5 Å². The van der Waals surface area contributed by atoms with Crippen LogP contribution >= 0.6 is 0 Å². The van der Waals surface area contributed by atoms with E-state index in [-0.39, 0.29) is 17.9 Å². The van der Waals surface area contributed by atoms with Crippen LogP contribution in [0.2, 0.25) is 0 Å². The largest absolute Gasteiger partial charge is 0.350 e. The number of hydrogen-bond acceptors (Lipinski definition) is 3. The molecule has 2 amide bonds. The Morgan fingerprint density at radius 3 is 2.65 bits per heavy atom. The number of aryl methyl sites for hydroxylation is 1. The van der Waals surface area contributed by atoms with Gasteiger partial charge in [0.1, 0.15) is 5.65 Å². The Bertz CT molecular complexity index is 673. The minimum absolute atomic E-state index is 0.0595. The number of pyridine rings is 1. The van der Waals surface area contributed by atoms with Gasteiger partial charge in [-0.15, -0.1) is 0 Å². The molecule has 2 N–H and O–H groups in total. The standard InChI is InChI=1S/C14H18N4O2/c1-8(2)16-14(20)12-7-18(4)13-11(12)5-10(6-15-13)17-9(3)19/h5-8H,1-4H3,(H,16,20)(H,17,19). The molecular weight excluding hydrogens is 256 g/mol. The molecule has 0 aliphatic heterocycles. The summed E-state index contributed by atoms with van der Waals surface area (Å²) in [6, 6.07) is 1.82. The highest BCUT2D eigenvalue weighted by Gasteiger charge is 2.16. The normalized spacial score (nSPS) is 10.8. The van der Waals surface area contributed by atoms with Crippen molar-refractivity contribution in [2.45, 2.75) is 26.8 Å². The second-order valence-corrected chi connectivity index (χ2v) is 5.06. The molecule has 0 saturated heterocycles. The SMILES string of the molecule is CC(=O)Nc1cnc2c(c1)c(C(=O)NC(C)C)cn2C. The van der Waals surface area contributed by atoms with Crippen molar-refractivity contribution in [3.8, 4) is 0 Å². The predicted octanol–water partition coefficient (Wildman–Crippen LogP) is 1.67. The summed E-state index contributed by atoms with van der Waals surface area (Å²) in [5, 5.41) is 6.25. The molecule has 0 atom stereocenters. The Balaban J connectivity index is 2.48. The van der Waals surface area contributed by atoms with Crippen molar-refractivity contribution < 1.29 is 9.59 Å². The zero-order chi connectivity index (χ0) is 14.9. The predicted molar refractivity (Wildman–Crippen MR) is 77.6 cm³/mol. The molecule has 0 spiro atoms. The third kappa shape index (κ3) is 2.79. The molecule has 2 aromatic heterocycles. The fraction of sp³-hybridized carbons (Fsp3) is 0.357. The van der Waals surface area contributed by atoms with Gasteiger partial charge < -0.3 is 15.2 Å². The number of carbonyl (C=O) groups is 2. The molecule has 0 aliphatic carbocycles. The number of hydrogen-bond donors (Lipinski definition) is 2. The third-order valence-corrected chi connectivity index (χ3v) is 2.80. The average Bonchev–Trinajstić information content (AvgIpc) is 2.65. The third-order valence-electron chi connectivity index (χ3n) is 2.80. The Labute approximate surface area is 117 Å². The molecule has 0 radical (unpaired) electrons. The summed E-state index contributed by atoms with van der Waals surface area (Å²) >= 11 is 0. The van der Waals surface area contributed by atoms with Gasteiger partial charge in [0, 0.05) is 31.6 Å². The van der Waals surface area contributed by atoms with Crippen LogP contribution in [0.3, 0.4) is 0 Å². The highest BCUT2D eigenvalue weighted by Crippen LogP contribution is 2.22. The van der Waals surface area contributed by atoms with E-state index < -0.39 is 0 Å². The number of carbonyl (C=O) groups excluding carboxylic acids is 2. The van der Waals surface area contributed by atoms with Gasteiger partial charge in [-0.25, -0.2) is 4.98 Å². The monoisotopic (exact) mass is 274 g/mol. The number of amides is 2. The maximum atomic E-state index is 12.2. The van der Waals surface area contributed by atoms with Crippen molar-refractivity contribution >= 4 is 28.5 Å². The van der Waals surface area contributed by atoms with Crippen LogP contribution in [-0.2, 0) is 11.8 Å². The lowest BCUT2D eigenvalue weighted by molar-refractivity contribution is -0.114. The Hall–Kier alpha value is -2.37. The van der Waals surface area contributed by atoms with Crippen LogP contribution in [0.4, 0.5) is 5.69 Å². The fourth-order valence-electron chi connectivity index (χ4n) is 2.05. The second-order valence-electron chi connectivity index (χ2n) is 5.06. The summed E-state index contributed by atoms with van der Waals surface area (Å²) in [7, 11) is 1.83. The van der Waals surface area contributed by atoms with Crippen LogP contribution in [-0.4, -0.2) is 27.4 Å². The van der Waals surface area contributed by atoms with Crippen LogP contribution < -0.4 is 10.6 Å². The van der Waals surface area contributed by atoms with E-state index in [2.05, 4.69) is 15.6 Å². The first-order valence-electron chi connectivity index (χ1n) is 6.42. The van der Waals surface area contributed by atoms with E-state index in [1.165, 1.54) is 6.92 Å². The Morgan fingerprint density at radius 2 is 2.05 bits per heavy atom. The van der Waals surface area contributed by atoms with Crippen molar-refractivity contribution in [2.75, 3.05) is 5.32 Å². The number of nitrogens with one attached hydrogen (secondary N) is 2. The second kappa shape index (κ2) is 5.32. The zero-order valence-electron chi connectivity index (χ0n) is 12.0. The summed E-state index contributed by atoms with van der Waals surface area (Å²) in [6.45, 7) is 5.25. The highest BCUT2D eigenvalue weighted by molar-refractivity contribution is 6.07. The molecule has 106 valence electrons. The molecule has 6 nitrogen and oxygen atoms in total. The lowest BCUT2D eigenvalue weighted by atomic mass is 10.2. The lowest BCUT2D eigenvalue weighted by Crippen LogP contribution is -2.29. The molecule has 2 aromatic rings. The Morgan fingerprint density at radius 1 is 1.35 bits per heavy atom. The van der Waals surface area contributed by atoms with E-state index in [1.54, 1.807) is 23.0 Å². The van der Waals surface area contributed by atoms with E-state index in [1.807, 2.05) is 20.9 Å². The van der Waals surface area contributed by atoms with Gasteiger partial charge in [0.25, 0.3) is 5.91 Å². The van der Waals surface area contributed by atoms with Gasteiger partial charge in [-0.1, -0.05) is 0 Å². The maximum absolute atomic E-state index is 12.2. The van der Waals surface area contributed by atoms with Gasteiger partial charge in [-0.05, 0) is 19.9 Å². The van der Waals surface area contributed by atoms with Gasteiger partial charge in [-0.3, -0.25) is 9.59 Å². The summed E-state index contributed by atoms with van der Waals surface area (Å²) < 4.78 is 1.79. The van der Waals surface area contributed by atoms with E-state index in [4.69, 9.17) is 0 Å². The Kier molecular flexibility index (Phi) is 3.74. The molecule has 0 aliphatic rings. The summed E-state index contributed by atoms with van der Waals surface area (Å²) in [5.74, 6) is -0.317. The van der Waals surface area contributed by atoms with Gasteiger partial charge in [-0.2, -0.15) is 0 Å². The van der Waals surface area contributed by atoms with Crippen molar-refractivity contribution in [3.63, 3.8) is 0 Å². The van der Waals surface area contributed by atoms with Crippen LogP contribution in [0.5, 0.6) is 0 Å². The lowest BCUT2D eigenvalue weighted by Gasteiger charge is -2.07. The van der Waals surface area contributed by atoms with Crippen molar-refractivity contribution in [1.82, 2.24) is 14.9 Å². The molecule has 0 saturated carbocycles. The topological polar surface area (TPSA) is 76.0 Å². The molecule has 0 aromatic carbocycles. The molecule has 20 heavy (non-hydrogen) atoms. The van der Waals surface area contributed by atoms with E-state index in [0.29, 0.717) is 16.9 Å². The summed E-state index contributed by atoms with van der Waals surface area (Å²) in [6.07, 6.45) is 3.32. The minimum Gasteiger partial charge on any atom is -0.350 e. The van der Waals surface area contributed by atoms with Crippen LogP contribution in [0.1, 0.15) is 31.1 Å².